The highest BCUT2D eigenvalue weighted by atomic mass is 16.6. The molecular formula is C29H42O6. The molecule has 1 saturated heterocycles. The standard InChI is InChI=1S/C29H42O6/c1-17(30)34-16-26(3)11-7-12-27(4)21(26)10-13-28(5)22-9-8-19-20(15-33-25(19)32)29(22,6)24(14-23(27)28)35-18(2)31/h8,20-24H,7,9-16H2,1-6H3. The summed E-state index contributed by atoms with van der Waals surface area (Å²) in [6.45, 7) is 13.4. The molecule has 0 radical (unpaired) electrons. The minimum absolute atomic E-state index is 0.0259. The molecule has 0 aromatic carbocycles. The van der Waals surface area contributed by atoms with E-state index in [1.807, 2.05) is 0 Å². The van der Waals surface area contributed by atoms with E-state index < -0.39 is 0 Å². The van der Waals surface area contributed by atoms with Gasteiger partial charge >= 0.3 is 17.9 Å². The second kappa shape index (κ2) is 8.08. The summed E-state index contributed by atoms with van der Waals surface area (Å²) >= 11 is 0. The van der Waals surface area contributed by atoms with Crippen molar-refractivity contribution in [3.63, 3.8) is 0 Å². The molecule has 4 aliphatic carbocycles. The monoisotopic (exact) mass is 486 g/mol. The normalized spacial score (nSPS) is 48.3. The van der Waals surface area contributed by atoms with Crippen LogP contribution in [0.2, 0.25) is 0 Å². The average Bonchev–Trinajstić information content (AvgIpc) is 3.15. The maximum atomic E-state index is 12.5. The Labute approximate surface area is 209 Å². The van der Waals surface area contributed by atoms with Crippen molar-refractivity contribution in [3.8, 4) is 0 Å². The highest BCUT2D eigenvalue weighted by Gasteiger charge is 2.70. The Hall–Kier alpha value is -1.85. The molecule has 0 aromatic rings. The maximum Gasteiger partial charge on any atom is 0.334 e. The molecule has 35 heavy (non-hydrogen) atoms. The number of allylic oxidation sites excluding steroid dienone is 1. The maximum absolute atomic E-state index is 12.5. The smallest absolute Gasteiger partial charge is 0.334 e. The Morgan fingerprint density at radius 3 is 2.40 bits per heavy atom. The molecule has 0 N–H and O–H groups in total. The van der Waals surface area contributed by atoms with Gasteiger partial charge in [-0.25, -0.2) is 4.79 Å². The molecule has 0 aromatic heterocycles. The summed E-state index contributed by atoms with van der Waals surface area (Å²) in [5, 5.41) is 0. The summed E-state index contributed by atoms with van der Waals surface area (Å²) in [6.07, 6.45) is 9.09. The molecule has 0 spiro atoms. The van der Waals surface area contributed by atoms with Gasteiger partial charge in [0.05, 0.1) is 13.2 Å². The van der Waals surface area contributed by atoms with Crippen LogP contribution in [0.5, 0.6) is 0 Å². The lowest BCUT2D eigenvalue weighted by molar-refractivity contribution is -0.244. The van der Waals surface area contributed by atoms with Gasteiger partial charge in [0, 0.05) is 36.2 Å². The fourth-order valence-electron chi connectivity index (χ4n) is 10.1. The summed E-state index contributed by atoms with van der Waals surface area (Å²) in [5.41, 5.74) is 0.569. The Morgan fingerprint density at radius 2 is 1.71 bits per heavy atom. The summed E-state index contributed by atoms with van der Waals surface area (Å²) < 4.78 is 17.3. The molecule has 4 fully saturated rings. The number of esters is 3. The molecule has 1 aliphatic heterocycles. The first-order valence-corrected chi connectivity index (χ1v) is 13.5. The Balaban J connectivity index is 1.56. The zero-order valence-corrected chi connectivity index (χ0v) is 22.3. The van der Waals surface area contributed by atoms with Crippen LogP contribution in [-0.4, -0.2) is 37.2 Å². The van der Waals surface area contributed by atoms with E-state index in [-0.39, 0.29) is 51.6 Å². The summed E-state index contributed by atoms with van der Waals surface area (Å²) in [4.78, 5) is 36.5. The van der Waals surface area contributed by atoms with Crippen LogP contribution < -0.4 is 0 Å². The molecule has 1 heterocycles. The first kappa shape index (κ1) is 24.8. The minimum Gasteiger partial charge on any atom is -0.465 e. The Bertz CT molecular complexity index is 970. The third kappa shape index (κ3) is 3.44. The van der Waals surface area contributed by atoms with Gasteiger partial charge < -0.3 is 14.2 Å². The van der Waals surface area contributed by atoms with Crippen LogP contribution in [-0.2, 0) is 28.6 Å². The largest absolute Gasteiger partial charge is 0.465 e. The Kier molecular flexibility index (Phi) is 5.73. The zero-order valence-electron chi connectivity index (χ0n) is 22.3. The van der Waals surface area contributed by atoms with E-state index in [4.69, 9.17) is 14.2 Å². The predicted octanol–water partition coefficient (Wildman–Crippen LogP) is 5.24. The molecule has 5 rings (SSSR count). The van der Waals surface area contributed by atoms with E-state index in [2.05, 4.69) is 33.8 Å². The van der Waals surface area contributed by atoms with Crippen LogP contribution in [0.4, 0.5) is 0 Å². The lowest BCUT2D eigenvalue weighted by Crippen LogP contribution is -2.67. The van der Waals surface area contributed by atoms with Crippen molar-refractivity contribution in [3.05, 3.63) is 11.6 Å². The van der Waals surface area contributed by atoms with Gasteiger partial charge in [0.15, 0.2) is 0 Å². The van der Waals surface area contributed by atoms with Gasteiger partial charge in [-0.3, -0.25) is 9.59 Å². The molecule has 3 saturated carbocycles. The van der Waals surface area contributed by atoms with Crippen LogP contribution in [0.25, 0.3) is 0 Å². The van der Waals surface area contributed by atoms with E-state index in [0.717, 1.165) is 50.5 Å². The van der Waals surface area contributed by atoms with Crippen molar-refractivity contribution in [2.75, 3.05) is 13.2 Å². The molecular weight excluding hydrogens is 444 g/mol. The number of fused-ring (bicyclic) bond motifs is 7. The average molecular weight is 487 g/mol. The van der Waals surface area contributed by atoms with E-state index in [9.17, 15) is 14.4 Å². The van der Waals surface area contributed by atoms with Gasteiger partial charge in [-0.05, 0) is 67.1 Å². The van der Waals surface area contributed by atoms with Crippen molar-refractivity contribution in [2.45, 2.75) is 92.6 Å². The highest BCUT2D eigenvalue weighted by Crippen LogP contribution is 2.73. The highest BCUT2D eigenvalue weighted by molar-refractivity contribution is 5.91. The predicted molar refractivity (Wildman–Crippen MR) is 130 cm³/mol. The fourth-order valence-corrected chi connectivity index (χ4v) is 10.1. The van der Waals surface area contributed by atoms with Crippen LogP contribution in [0.3, 0.4) is 0 Å². The molecule has 9 unspecified atom stereocenters. The minimum atomic E-state index is -0.327. The van der Waals surface area contributed by atoms with Gasteiger partial charge in [-0.1, -0.05) is 40.2 Å². The zero-order chi connectivity index (χ0) is 25.4. The van der Waals surface area contributed by atoms with Gasteiger partial charge in [0.1, 0.15) is 6.10 Å². The molecule has 6 heteroatoms. The van der Waals surface area contributed by atoms with Gasteiger partial charge in [-0.2, -0.15) is 0 Å². The molecule has 194 valence electrons. The number of hydrogen-bond acceptors (Lipinski definition) is 6. The van der Waals surface area contributed by atoms with Gasteiger partial charge in [-0.15, -0.1) is 0 Å². The van der Waals surface area contributed by atoms with Crippen molar-refractivity contribution in [1.29, 1.82) is 0 Å². The van der Waals surface area contributed by atoms with Crippen molar-refractivity contribution < 1.29 is 28.6 Å². The van der Waals surface area contributed by atoms with Crippen LogP contribution in [0, 0.1) is 45.3 Å². The molecule has 6 nitrogen and oxygen atoms in total. The second-order valence-electron chi connectivity index (χ2n) is 13.2. The van der Waals surface area contributed by atoms with E-state index in [1.165, 1.54) is 13.8 Å². The van der Waals surface area contributed by atoms with Crippen molar-refractivity contribution in [1.82, 2.24) is 0 Å². The van der Waals surface area contributed by atoms with Gasteiger partial charge in [0.2, 0.25) is 0 Å². The molecule has 5 aliphatic rings. The first-order valence-electron chi connectivity index (χ1n) is 13.5. The third-order valence-corrected chi connectivity index (χ3v) is 11.6. The van der Waals surface area contributed by atoms with Crippen LogP contribution >= 0.6 is 0 Å². The second-order valence-corrected chi connectivity index (χ2v) is 13.2. The fraction of sp³-hybridized carbons (Fsp3) is 0.828. The van der Waals surface area contributed by atoms with E-state index in [0.29, 0.717) is 31.0 Å². The summed E-state index contributed by atoms with van der Waals surface area (Å²) in [6, 6.07) is 0. The SMILES string of the molecule is CC(=O)OCC1(C)CCCC2(C)C1CCC1(C)C2CC(OC(C)=O)C2(C)C3COC(=O)C3=CCC12. The number of rotatable bonds is 3. The lowest BCUT2D eigenvalue weighted by Gasteiger charge is -2.70. The van der Waals surface area contributed by atoms with Crippen LogP contribution in [0.1, 0.15) is 86.5 Å². The van der Waals surface area contributed by atoms with Gasteiger partial charge in [0.25, 0.3) is 0 Å². The quantitative estimate of drug-likeness (QED) is 0.401. The van der Waals surface area contributed by atoms with Crippen molar-refractivity contribution >= 4 is 17.9 Å². The molecule has 0 amide bonds. The lowest BCUT2D eigenvalue weighted by atomic mass is 9.34. The van der Waals surface area contributed by atoms with E-state index >= 15 is 0 Å². The molecule has 9 atom stereocenters. The van der Waals surface area contributed by atoms with Crippen LogP contribution in [0.15, 0.2) is 11.6 Å². The Morgan fingerprint density at radius 1 is 1.00 bits per heavy atom. The number of ether oxygens (including phenoxy) is 3. The summed E-state index contributed by atoms with van der Waals surface area (Å²) in [7, 11) is 0. The third-order valence-electron chi connectivity index (χ3n) is 11.6. The number of cyclic esters (lactones) is 1. The topological polar surface area (TPSA) is 78.9 Å². The van der Waals surface area contributed by atoms with Crippen molar-refractivity contribution in [2.24, 2.45) is 45.3 Å². The number of carbonyl (C=O) groups is 3. The number of hydrogen-bond donors (Lipinski definition) is 0. The number of carbonyl (C=O) groups excluding carboxylic acids is 3. The first-order chi connectivity index (χ1) is 16.4. The molecule has 0 bridgehead atoms. The van der Waals surface area contributed by atoms with E-state index in [1.54, 1.807) is 0 Å². The summed E-state index contributed by atoms with van der Waals surface area (Å²) in [5.74, 6) is 0.465.